The van der Waals surface area contributed by atoms with Gasteiger partial charge >= 0.3 is 6.01 Å². The number of amides is 1. The Labute approximate surface area is 183 Å². The van der Waals surface area contributed by atoms with E-state index in [1.807, 2.05) is 6.07 Å². The molecule has 0 spiro atoms. The van der Waals surface area contributed by atoms with Gasteiger partial charge in [0.15, 0.2) is 5.69 Å². The van der Waals surface area contributed by atoms with Crippen molar-refractivity contribution in [1.29, 1.82) is 5.26 Å². The minimum atomic E-state index is -3.70. The van der Waals surface area contributed by atoms with Gasteiger partial charge in [0.1, 0.15) is 24.0 Å². The molecular weight excluding hydrogens is 450 g/mol. The Bertz CT molecular complexity index is 1080. The number of anilines is 1. The van der Waals surface area contributed by atoms with Crippen molar-refractivity contribution in [2.45, 2.75) is 37.5 Å². The Morgan fingerprint density at radius 2 is 1.94 bits per heavy atom. The van der Waals surface area contributed by atoms with Gasteiger partial charge in [0.05, 0.1) is 24.5 Å². The summed E-state index contributed by atoms with van der Waals surface area (Å²) in [6.07, 6.45) is -1.65. The maximum Gasteiger partial charge on any atom is 0.311 e. The molecule has 174 valence electrons. The van der Waals surface area contributed by atoms with Crippen LogP contribution in [0.2, 0.25) is 0 Å². The van der Waals surface area contributed by atoms with E-state index in [1.165, 1.54) is 7.05 Å². The molecule has 0 aliphatic rings. The molecule has 2 rings (SSSR count). The van der Waals surface area contributed by atoms with Crippen LogP contribution in [0.5, 0.6) is 0 Å². The number of halogens is 2. The Balaban J connectivity index is 2.26. The van der Waals surface area contributed by atoms with Crippen molar-refractivity contribution in [3.05, 3.63) is 47.4 Å². The number of aromatic nitrogens is 1. The molecule has 3 unspecified atom stereocenters. The summed E-state index contributed by atoms with van der Waals surface area (Å²) in [5, 5.41) is 31.7. The van der Waals surface area contributed by atoms with E-state index in [4.69, 9.17) is 9.68 Å². The van der Waals surface area contributed by atoms with E-state index in [2.05, 4.69) is 10.3 Å². The van der Waals surface area contributed by atoms with Crippen molar-refractivity contribution in [3.63, 3.8) is 0 Å². The molecule has 1 amide bonds. The molecule has 0 fully saturated rings. The third-order valence-electron chi connectivity index (χ3n) is 4.54. The molecule has 13 heteroatoms. The Hall–Kier alpha value is -3.08. The number of benzene rings is 1. The third kappa shape index (κ3) is 6.71. The molecule has 2 aromatic rings. The first-order valence-electron chi connectivity index (χ1n) is 9.30. The van der Waals surface area contributed by atoms with Crippen LogP contribution in [-0.4, -0.2) is 61.1 Å². The summed E-state index contributed by atoms with van der Waals surface area (Å²) in [6.45, 7) is 0. The van der Waals surface area contributed by atoms with Crippen LogP contribution < -0.4 is 9.62 Å². The quantitative estimate of drug-likeness (QED) is 0.456. The first kappa shape index (κ1) is 25.2. The highest BCUT2D eigenvalue weighted by Crippen LogP contribution is 2.17. The molecule has 0 saturated heterocycles. The van der Waals surface area contributed by atoms with Gasteiger partial charge in [-0.2, -0.15) is 10.2 Å². The van der Waals surface area contributed by atoms with Crippen molar-refractivity contribution >= 4 is 21.9 Å². The predicted molar refractivity (Wildman–Crippen MR) is 108 cm³/mol. The number of nitrogens with zero attached hydrogens (tertiary/aromatic N) is 3. The molecule has 0 radical (unpaired) electrons. The summed E-state index contributed by atoms with van der Waals surface area (Å²) in [5.41, 5.74) is -0.235. The normalized spacial score (nSPS) is 14.3. The van der Waals surface area contributed by atoms with Crippen LogP contribution >= 0.6 is 0 Å². The maximum atomic E-state index is 13.6. The molecule has 1 aromatic carbocycles. The van der Waals surface area contributed by atoms with E-state index in [0.29, 0.717) is 10.4 Å². The topological polar surface area (TPSA) is 157 Å². The van der Waals surface area contributed by atoms with Gasteiger partial charge in [0.2, 0.25) is 10.0 Å². The van der Waals surface area contributed by atoms with E-state index >= 15 is 0 Å². The maximum absolute atomic E-state index is 13.6. The van der Waals surface area contributed by atoms with E-state index < -0.39 is 45.8 Å². The number of rotatable bonds is 10. The molecule has 0 bridgehead atoms. The van der Waals surface area contributed by atoms with Crippen molar-refractivity contribution in [2.24, 2.45) is 0 Å². The van der Waals surface area contributed by atoms with Crippen LogP contribution in [0.1, 0.15) is 28.9 Å². The van der Waals surface area contributed by atoms with Gasteiger partial charge in [-0.3, -0.25) is 4.79 Å². The summed E-state index contributed by atoms with van der Waals surface area (Å²) in [7, 11) is -2.53. The van der Waals surface area contributed by atoms with Crippen molar-refractivity contribution in [2.75, 3.05) is 17.6 Å². The molecule has 1 aromatic heterocycles. The zero-order chi connectivity index (χ0) is 24.1. The minimum Gasteiger partial charge on any atom is -0.430 e. The summed E-state index contributed by atoms with van der Waals surface area (Å²) in [6, 6.07) is 2.87. The molecule has 32 heavy (non-hydrogen) atoms. The first-order chi connectivity index (χ1) is 14.9. The second kappa shape index (κ2) is 10.5. The van der Waals surface area contributed by atoms with E-state index in [0.717, 1.165) is 24.7 Å². The average molecular weight is 472 g/mol. The number of hydrogen-bond acceptors (Lipinski definition) is 8. The number of nitriles is 1. The lowest BCUT2D eigenvalue weighted by Gasteiger charge is -2.27. The number of oxazole rings is 1. The molecule has 1 heterocycles. The fourth-order valence-corrected chi connectivity index (χ4v) is 3.16. The van der Waals surface area contributed by atoms with Crippen LogP contribution in [-0.2, 0) is 16.4 Å². The Morgan fingerprint density at radius 3 is 2.50 bits per heavy atom. The van der Waals surface area contributed by atoms with Crippen LogP contribution in [0, 0.1) is 23.0 Å². The van der Waals surface area contributed by atoms with Crippen molar-refractivity contribution in [3.8, 4) is 6.07 Å². The number of nitrogens with one attached hydrogen (secondary N) is 1. The van der Waals surface area contributed by atoms with Crippen molar-refractivity contribution in [1.82, 2.24) is 10.3 Å². The molecule has 3 atom stereocenters. The standard InChI is InChI=1S/C19H22F2N4O6S/c1-25(32(2,29)30)19-24-15(10-31-19)18(28)23-14(17(27)16(26)4-3-5-22)8-11-6-12(20)9-13(21)7-11/h6-7,9-10,14,16-17,26-27H,3-4,8H2,1-2H3,(H,23,28). The number of carbonyl (C=O) groups excluding carboxylic acids is 1. The van der Waals surface area contributed by atoms with E-state index in [1.54, 1.807) is 0 Å². The number of sulfonamides is 1. The summed E-state index contributed by atoms with van der Waals surface area (Å²) in [5.74, 6) is -2.63. The monoisotopic (exact) mass is 472 g/mol. The minimum absolute atomic E-state index is 0.0715. The SMILES string of the molecule is CN(c1nc(C(=O)NC(Cc2cc(F)cc(F)c2)C(O)C(O)CCC#N)co1)S(C)(=O)=O. The lowest BCUT2D eigenvalue weighted by atomic mass is 9.95. The molecule has 3 N–H and O–H groups in total. The lowest BCUT2D eigenvalue weighted by Crippen LogP contribution is -2.50. The van der Waals surface area contributed by atoms with Crippen molar-refractivity contribution < 1.29 is 36.6 Å². The third-order valence-corrected chi connectivity index (χ3v) is 5.70. The van der Waals surface area contributed by atoms with Crippen LogP contribution in [0.3, 0.4) is 0 Å². The predicted octanol–water partition coefficient (Wildman–Crippen LogP) is 0.715. The molecule has 0 aliphatic carbocycles. The highest BCUT2D eigenvalue weighted by molar-refractivity contribution is 7.92. The lowest BCUT2D eigenvalue weighted by molar-refractivity contribution is -0.00648. The van der Waals surface area contributed by atoms with Gasteiger partial charge in [-0.25, -0.2) is 21.5 Å². The van der Waals surface area contributed by atoms with Gasteiger partial charge in [0.25, 0.3) is 5.91 Å². The number of aliphatic hydroxyl groups is 2. The summed E-state index contributed by atoms with van der Waals surface area (Å²) in [4.78, 5) is 16.4. The molecular formula is C19H22F2N4O6S. The zero-order valence-electron chi connectivity index (χ0n) is 17.2. The van der Waals surface area contributed by atoms with Gasteiger partial charge < -0.3 is 19.9 Å². The fraction of sp³-hybridized carbons (Fsp3) is 0.421. The highest BCUT2D eigenvalue weighted by atomic mass is 32.2. The smallest absolute Gasteiger partial charge is 0.311 e. The summed E-state index contributed by atoms with van der Waals surface area (Å²) < 4.78 is 56.0. The Kier molecular flexibility index (Phi) is 8.25. The van der Waals surface area contributed by atoms with E-state index in [-0.39, 0.29) is 36.5 Å². The Morgan fingerprint density at radius 1 is 1.31 bits per heavy atom. The van der Waals surface area contributed by atoms with Gasteiger partial charge in [-0.1, -0.05) is 0 Å². The number of carbonyl (C=O) groups is 1. The largest absolute Gasteiger partial charge is 0.430 e. The average Bonchev–Trinajstić information content (AvgIpc) is 3.19. The fourth-order valence-electron chi connectivity index (χ4n) is 2.79. The second-order valence-electron chi connectivity index (χ2n) is 7.06. The first-order valence-corrected chi connectivity index (χ1v) is 11.2. The van der Waals surface area contributed by atoms with Gasteiger partial charge in [-0.15, -0.1) is 0 Å². The molecule has 10 nitrogen and oxygen atoms in total. The van der Waals surface area contributed by atoms with E-state index in [9.17, 15) is 32.2 Å². The van der Waals surface area contributed by atoms with Gasteiger partial charge in [-0.05, 0) is 30.5 Å². The second-order valence-corrected chi connectivity index (χ2v) is 9.08. The van der Waals surface area contributed by atoms with Crippen LogP contribution in [0.25, 0.3) is 0 Å². The van der Waals surface area contributed by atoms with Gasteiger partial charge in [0, 0.05) is 19.5 Å². The number of aliphatic hydroxyl groups excluding tert-OH is 2. The van der Waals surface area contributed by atoms with Crippen LogP contribution in [0.4, 0.5) is 14.8 Å². The highest BCUT2D eigenvalue weighted by Gasteiger charge is 2.30. The summed E-state index contributed by atoms with van der Waals surface area (Å²) >= 11 is 0. The molecule has 0 saturated carbocycles. The zero-order valence-corrected chi connectivity index (χ0v) is 18.0. The van der Waals surface area contributed by atoms with Crippen LogP contribution in [0.15, 0.2) is 28.9 Å². The molecule has 0 aliphatic heterocycles. The number of hydrogen-bond donors (Lipinski definition) is 3.